The number of aromatic nitrogens is 2. The summed E-state index contributed by atoms with van der Waals surface area (Å²) in [5.41, 5.74) is 6.00. The molecule has 0 bridgehead atoms. The van der Waals surface area contributed by atoms with Crippen molar-refractivity contribution in [2.45, 2.75) is 12.5 Å². The second-order valence-electron chi connectivity index (χ2n) is 4.39. The Morgan fingerprint density at radius 2 is 2.20 bits per heavy atom. The van der Waals surface area contributed by atoms with Crippen LogP contribution in [-0.2, 0) is 18.3 Å². The Morgan fingerprint density at radius 3 is 2.80 bits per heavy atom. The Labute approximate surface area is 122 Å². The minimum absolute atomic E-state index is 0.108. The van der Waals surface area contributed by atoms with E-state index in [-0.39, 0.29) is 10.0 Å². The van der Waals surface area contributed by atoms with E-state index in [2.05, 4.69) is 21.0 Å². The van der Waals surface area contributed by atoms with Gasteiger partial charge in [0.15, 0.2) is 5.78 Å². The molecule has 1 unspecified atom stereocenters. The predicted octanol–water partition coefficient (Wildman–Crippen LogP) is 2.27. The third-order valence-electron chi connectivity index (χ3n) is 2.92. The van der Waals surface area contributed by atoms with Crippen LogP contribution in [0.25, 0.3) is 0 Å². The van der Waals surface area contributed by atoms with Crippen molar-refractivity contribution in [3.8, 4) is 0 Å². The Hall–Kier alpha value is -1.60. The van der Waals surface area contributed by atoms with Gasteiger partial charge in [0.05, 0.1) is 16.7 Å². The molecule has 1 aromatic heterocycles. The zero-order chi connectivity index (χ0) is 14.9. The zero-order valence-electron chi connectivity index (χ0n) is 10.6. The number of benzene rings is 1. The van der Waals surface area contributed by atoms with Gasteiger partial charge >= 0.3 is 0 Å². The summed E-state index contributed by atoms with van der Waals surface area (Å²) in [6.07, 6.45) is 2.64. The Kier molecular flexibility index (Phi) is 4.29. The van der Waals surface area contributed by atoms with Crippen LogP contribution in [0.3, 0.4) is 0 Å². The number of halogens is 3. The molecule has 0 spiro atoms. The van der Waals surface area contributed by atoms with Gasteiger partial charge in [0.25, 0.3) is 0 Å². The first-order valence-corrected chi connectivity index (χ1v) is 6.58. The third kappa shape index (κ3) is 2.94. The van der Waals surface area contributed by atoms with E-state index in [0.29, 0.717) is 5.56 Å². The van der Waals surface area contributed by atoms with E-state index in [1.807, 2.05) is 0 Å². The molecule has 2 aromatic rings. The van der Waals surface area contributed by atoms with Crippen LogP contribution in [0.2, 0.25) is 0 Å². The lowest BCUT2D eigenvalue weighted by Gasteiger charge is -2.10. The topological polar surface area (TPSA) is 60.9 Å². The Morgan fingerprint density at radius 1 is 1.50 bits per heavy atom. The molecule has 1 heterocycles. The number of ketones is 1. The molecule has 0 saturated carbocycles. The number of hydrogen-bond donors (Lipinski definition) is 1. The summed E-state index contributed by atoms with van der Waals surface area (Å²) in [4.78, 5) is 12.0. The normalized spacial score (nSPS) is 12.4. The summed E-state index contributed by atoms with van der Waals surface area (Å²) in [5, 5.41) is 3.91. The number of rotatable bonds is 4. The van der Waals surface area contributed by atoms with Gasteiger partial charge in [-0.15, -0.1) is 0 Å². The van der Waals surface area contributed by atoms with E-state index in [1.165, 1.54) is 16.9 Å². The molecular formula is C13H12BrF2N3O. The lowest BCUT2D eigenvalue weighted by atomic mass is 10.00. The molecule has 0 saturated heterocycles. The smallest absolute Gasteiger partial charge is 0.158 e. The monoisotopic (exact) mass is 343 g/mol. The largest absolute Gasteiger partial charge is 0.318 e. The molecule has 0 aliphatic carbocycles. The van der Waals surface area contributed by atoms with Crippen molar-refractivity contribution in [2.24, 2.45) is 12.8 Å². The molecule has 20 heavy (non-hydrogen) atoms. The molecule has 2 N–H and O–H groups in total. The third-order valence-corrected chi connectivity index (χ3v) is 3.53. The first kappa shape index (κ1) is 14.8. The Bertz CT molecular complexity index is 657. The highest BCUT2D eigenvalue weighted by atomic mass is 79.9. The highest BCUT2D eigenvalue weighted by Gasteiger charge is 2.22. The van der Waals surface area contributed by atoms with Crippen LogP contribution in [-0.4, -0.2) is 15.6 Å². The van der Waals surface area contributed by atoms with Gasteiger partial charge in [-0.25, -0.2) is 8.78 Å². The molecule has 1 aromatic carbocycles. The van der Waals surface area contributed by atoms with Gasteiger partial charge in [-0.05, 0) is 28.1 Å². The van der Waals surface area contributed by atoms with Crippen molar-refractivity contribution in [2.75, 3.05) is 0 Å². The van der Waals surface area contributed by atoms with Crippen molar-refractivity contribution < 1.29 is 13.6 Å². The van der Waals surface area contributed by atoms with Crippen LogP contribution in [0.15, 0.2) is 29.0 Å². The van der Waals surface area contributed by atoms with E-state index in [9.17, 15) is 13.6 Å². The van der Waals surface area contributed by atoms with Gasteiger partial charge in [-0.3, -0.25) is 9.48 Å². The number of hydrogen-bond acceptors (Lipinski definition) is 3. The predicted molar refractivity (Wildman–Crippen MR) is 72.9 cm³/mol. The summed E-state index contributed by atoms with van der Waals surface area (Å²) in [7, 11) is 1.69. The number of aryl methyl sites for hydroxylation is 1. The van der Waals surface area contributed by atoms with Gasteiger partial charge in [0.2, 0.25) is 0 Å². The van der Waals surface area contributed by atoms with Crippen molar-refractivity contribution >= 4 is 21.7 Å². The van der Waals surface area contributed by atoms with Gasteiger partial charge in [-0.1, -0.05) is 0 Å². The summed E-state index contributed by atoms with van der Waals surface area (Å²) in [6, 6.07) is 1.40. The fourth-order valence-electron chi connectivity index (χ4n) is 1.80. The van der Waals surface area contributed by atoms with E-state index in [0.717, 1.165) is 6.07 Å². The molecule has 0 radical (unpaired) electrons. The molecule has 0 amide bonds. The zero-order valence-corrected chi connectivity index (χ0v) is 12.2. The van der Waals surface area contributed by atoms with Crippen molar-refractivity contribution in [3.05, 3.63) is 51.8 Å². The number of nitrogens with zero attached hydrogens (tertiary/aromatic N) is 2. The summed E-state index contributed by atoms with van der Waals surface area (Å²) >= 11 is 2.96. The molecule has 0 aliphatic rings. The lowest BCUT2D eigenvalue weighted by Crippen LogP contribution is -2.23. The maximum atomic E-state index is 13.8. The van der Waals surface area contributed by atoms with Crippen LogP contribution in [0.1, 0.15) is 17.2 Å². The fraction of sp³-hybridized carbons (Fsp3) is 0.231. The van der Waals surface area contributed by atoms with Gasteiger partial charge in [-0.2, -0.15) is 5.10 Å². The number of carbonyl (C=O) groups excluding carboxylic acids is 1. The van der Waals surface area contributed by atoms with Crippen LogP contribution < -0.4 is 5.73 Å². The summed E-state index contributed by atoms with van der Waals surface area (Å²) in [5.74, 6) is -2.02. The second-order valence-corrected chi connectivity index (χ2v) is 5.24. The van der Waals surface area contributed by atoms with Gasteiger partial charge in [0.1, 0.15) is 11.6 Å². The minimum atomic E-state index is -0.957. The molecular weight excluding hydrogens is 332 g/mol. The van der Waals surface area contributed by atoms with Gasteiger partial charge in [0, 0.05) is 30.8 Å². The second kappa shape index (κ2) is 5.80. The molecule has 0 fully saturated rings. The molecule has 106 valence electrons. The maximum Gasteiger partial charge on any atom is 0.158 e. The molecule has 7 heteroatoms. The SMILES string of the molecule is Cn1cc(C(N)C(=O)Cc2c(F)ccc(Br)c2F)cn1. The average Bonchev–Trinajstić information content (AvgIpc) is 2.84. The van der Waals surface area contributed by atoms with E-state index >= 15 is 0 Å². The van der Waals surface area contributed by atoms with E-state index in [4.69, 9.17) is 5.73 Å². The minimum Gasteiger partial charge on any atom is -0.318 e. The summed E-state index contributed by atoms with van der Waals surface area (Å²) < 4.78 is 29.0. The maximum absolute atomic E-state index is 13.8. The van der Waals surface area contributed by atoms with Crippen LogP contribution >= 0.6 is 15.9 Å². The van der Waals surface area contributed by atoms with Crippen LogP contribution in [0.4, 0.5) is 8.78 Å². The first-order chi connectivity index (χ1) is 9.40. The van der Waals surface area contributed by atoms with Crippen molar-refractivity contribution in [1.29, 1.82) is 0 Å². The Balaban J connectivity index is 2.22. The van der Waals surface area contributed by atoms with Crippen LogP contribution in [0, 0.1) is 11.6 Å². The number of carbonyl (C=O) groups is 1. The summed E-state index contributed by atoms with van der Waals surface area (Å²) in [6.45, 7) is 0. The van der Waals surface area contributed by atoms with Gasteiger partial charge < -0.3 is 5.73 Å². The standard InChI is InChI=1S/C13H12BrF2N3O/c1-19-6-7(5-18-19)13(17)11(20)4-8-10(15)3-2-9(14)12(8)16/h2-3,5-6,13H,4,17H2,1H3. The van der Waals surface area contributed by atoms with Crippen molar-refractivity contribution in [1.82, 2.24) is 9.78 Å². The molecule has 2 rings (SSSR count). The highest BCUT2D eigenvalue weighted by molar-refractivity contribution is 9.10. The highest BCUT2D eigenvalue weighted by Crippen LogP contribution is 2.23. The number of Topliss-reactive ketones (excluding diaryl/α,β-unsaturated/α-hetero) is 1. The fourth-order valence-corrected chi connectivity index (χ4v) is 2.17. The van der Waals surface area contributed by atoms with Crippen molar-refractivity contribution in [3.63, 3.8) is 0 Å². The molecule has 1 atom stereocenters. The van der Waals surface area contributed by atoms with E-state index in [1.54, 1.807) is 13.2 Å². The van der Waals surface area contributed by atoms with E-state index < -0.39 is 29.9 Å². The molecule has 0 aliphatic heterocycles. The van der Waals surface area contributed by atoms with Crippen LogP contribution in [0.5, 0.6) is 0 Å². The first-order valence-electron chi connectivity index (χ1n) is 5.79. The number of nitrogens with two attached hydrogens (primary N) is 1. The average molecular weight is 344 g/mol. The molecule has 4 nitrogen and oxygen atoms in total. The quantitative estimate of drug-likeness (QED) is 0.866. The lowest BCUT2D eigenvalue weighted by molar-refractivity contribution is -0.119.